The monoisotopic (exact) mass is 379 g/mol. The molecule has 0 saturated heterocycles. The Bertz CT molecular complexity index is 826. The van der Waals surface area contributed by atoms with E-state index in [0.717, 1.165) is 31.2 Å². The van der Waals surface area contributed by atoms with E-state index in [1.54, 1.807) is 18.2 Å². The van der Waals surface area contributed by atoms with Crippen molar-refractivity contribution in [2.75, 3.05) is 10.6 Å². The molecule has 0 atom stereocenters. The summed E-state index contributed by atoms with van der Waals surface area (Å²) in [5, 5.41) is 16.4. The van der Waals surface area contributed by atoms with Crippen LogP contribution in [0.15, 0.2) is 18.2 Å². The molecule has 0 radical (unpaired) electrons. The molecular weight excluding hydrogens is 365 g/mol. The number of carbonyl (C=O) groups excluding carboxylic acids is 1. The molecular formula is C17H15Cl2N3OS. The van der Waals surface area contributed by atoms with Gasteiger partial charge in [-0.3, -0.25) is 5.32 Å². The predicted molar refractivity (Wildman–Crippen MR) is 99.4 cm³/mol. The zero-order chi connectivity index (χ0) is 17.1. The molecule has 2 aromatic rings. The van der Waals surface area contributed by atoms with E-state index < -0.39 is 6.03 Å². The number of aryl methyl sites for hydroxylation is 1. The number of halogens is 2. The summed E-state index contributed by atoms with van der Waals surface area (Å²) < 4.78 is 0. The molecule has 2 N–H and O–H groups in total. The van der Waals surface area contributed by atoms with Crippen LogP contribution < -0.4 is 10.6 Å². The summed E-state index contributed by atoms with van der Waals surface area (Å²) >= 11 is 13.3. The highest BCUT2D eigenvalue weighted by Gasteiger charge is 2.21. The van der Waals surface area contributed by atoms with Crippen molar-refractivity contribution in [3.05, 3.63) is 44.2 Å². The van der Waals surface area contributed by atoms with Crippen molar-refractivity contribution in [2.45, 2.75) is 32.1 Å². The van der Waals surface area contributed by atoms with E-state index >= 15 is 0 Å². The lowest BCUT2D eigenvalue weighted by molar-refractivity contribution is 0.262. The van der Waals surface area contributed by atoms with Gasteiger partial charge in [0.1, 0.15) is 11.1 Å². The summed E-state index contributed by atoms with van der Waals surface area (Å²) in [6.45, 7) is 0. The fourth-order valence-corrected chi connectivity index (χ4v) is 4.32. The predicted octanol–water partition coefficient (Wildman–Crippen LogP) is 5.84. The van der Waals surface area contributed by atoms with Crippen LogP contribution in [0.4, 0.5) is 15.5 Å². The quantitative estimate of drug-likeness (QED) is 0.643. The first-order valence-electron chi connectivity index (χ1n) is 7.66. The van der Waals surface area contributed by atoms with Gasteiger partial charge in [-0.1, -0.05) is 29.6 Å². The van der Waals surface area contributed by atoms with E-state index in [1.807, 2.05) is 0 Å². The van der Waals surface area contributed by atoms with Crippen molar-refractivity contribution in [3.8, 4) is 6.07 Å². The van der Waals surface area contributed by atoms with Gasteiger partial charge in [0.15, 0.2) is 0 Å². The number of urea groups is 1. The average molecular weight is 380 g/mol. The maximum atomic E-state index is 12.2. The van der Waals surface area contributed by atoms with E-state index in [2.05, 4.69) is 16.7 Å². The highest BCUT2D eigenvalue weighted by Crippen LogP contribution is 2.37. The fourth-order valence-electron chi connectivity index (χ4n) is 2.79. The van der Waals surface area contributed by atoms with Gasteiger partial charge in [0, 0.05) is 10.6 Å². The molecule has 124 valence electrons. The minimum atomic E-state index is -0.402. The molecule has 7 heteroatoms. The number of nitrogens with one attached hydrogen (secondary N) is 2. The molecule has 0 unspecified atom stereocenters. The second-order valence-corrected chi connectivity index (χ2v) is 7.51. The summed E-state index contributed by atoms with van der Waals surface area (Å²) in [5.41, 5.74) is 2.24. The van der Waals surface area contributed by atoms with E-state index in [1.165, 1.54) is 22.6 Å². The van der Waals surface area contributed by atoms with Crippen LogP contribution in [0.3, 0.4) is 0 Å². The number of thiophene rings is 1. The smallest absolute Gasteiger partial charge is 0.308 e. The minimum absolute atomic E-state index is 0.370. The summed E-state index contributed by atoms with van der Waals surface area (Å²) in [6.07, 6.45) is 5.29. The van der Waals surface area contributed by atoms with Crippen molar-refractivity contribution in [1.82, 2.24) is 0 Å². The highest BCUT2D eigenvalue weighted by atomic mass is 35.5. The molecule has 0 fully saturated rings. The van der Waals surface area contributed by atoms with E-state index in [0.29, 0.717) is 26.3 Å². The van der Waals surface area contributed by atoms with Crippen molar-refractivity contribution in [1.29, 1.82) is 5.26 Å². The first kappa shape index (κ1) is 17.1. The number of fused-ring (bicyclic) bond motifs is 1. The molecule has 1 aromatic carbocycles. The van der Waals surface area contributed by atoms with Crippen LogP contribution in [0.1, 0.15) is 35.3 Å². The number of nitrogens with zero attached hydrogens (tertiary/aromatic N) is 1. The third-order valence-corrected chi connectivity index (χ3v) is 5.88. The second-order valence-electron chi connectivity index (χ2n) is 5.59. The second kappa shape index (κ2) is 7.43. The molecule has 0 bridgehead atoms. The van der Waals surface area contributed by atoms with E-state index in [-0.39, 0.29) is 0 Å². The summed E-state index contributed by atoms with van der Waals surface area (Å²) in [7, 11) is 0. The first-order valence-corrected chi connectivity index (χ1v) is 9.23. The number of amides is 2. The fraction of sp³-hybridized carbons (Fsp3) is 0.294. The van der Waals surface area contributed by atoms with Crippen LogP contribution in [0.25, 0.3) is 0 Å². The molecule has 2 amide bonds. The van der Waals surface area contributed by atoms with Gasteiger partial charge in [0.05, 0.1) is 15.6 Å². The number of hydrogen-bond acceptors (Lipinski definition) is 3. The molecule has 0 saturated carbocycles. The van der Waals surface area contributed by atoms with E-state index in [4.69, 9.17) is 23.2 Å². The van der Waals surface area contributed by atoms with Crippen molar-refractivity contribution >= 4 is 51.3 Å². The number of carbonyl (C=O) groups is 1. The standard InChI is InChI=1S/C17H15Cl2N3OS/c18-13-7-6-10(8-14(13)19)21-17(23)22-16-12(9-20)11-4-2-1-3-5-15(11)24-16/h6-8H,1-5H2,(H2,21,22,23). The van der Waals surface area contributed by atoms with Gasteiger partial charge in [-0.2, -0.15) is 5.26 Å². The molecule has 1 aliphatic rings. The topological polar surface area (TPSA) is 64.9 Å². The molecule has 1 heterocycles. The van der Waals surface area contributed by atoms with Gasteiger partial charge < -0.3 is 5.32 Å². The van der Waals surface area contributed by atoms with Crippen LogP contribution >= 0.6 is 34.5 Å². The van der Waals surface area contributed by atoms with Crippen LogP contribution in [0.2, 0.25) is 10.0 Å². The molecule has 0 spiro atoms. The molecule has 0 aliphatic heterocycles. The van der Waals surface area contributed by atoms with Gasteiger partial charge in [-0.15, -0.1) is 11.3 Å². The van der Waals surface area contributed by atoms with Crippen molar-refractivity contribution in [3.63, 3.8) is 0 Å². The Labute approximate surface area is 154 Å². The third-order valence-electron chi connectivity index (χ3n) is 3.94. The Balaban J connectivity index is 1.77. The lowest BCUT2D eigenvalue weighted by Crippen LogP contribution is -2.19. The number of benzene rings is 1. The third kappa shape index (κ3) is 3.67. The maximum absolute atomic E-state index is 12.2. The summed E-state index contributed by atoms with van der Waals surface area (Å²) in [6, 6.07) is 6.71. The number of nitriles is 1. The lowest BCUT2D eigenvalue weighted by atomic mass is 10.1. The van der Waals surface area contributed by atoms with Crippen molar-refractivity contribution < 1.29 is 4.79 Å². The number of hydrogen-bond donors (Lipinski definition) is 2. The average Bonchev–Trinajstić information content (AvgIpc) is 2.71. The Morgan fingerprint density at radius 3 is 2.67 bits per heavy atom. The highest BCUT2D eigenvalue weighted by molar-refractivity contribution is 7.16. The molecule has 1 aliphatic carbocycles. The van der Waals surface area contributed by atoms with Gasteiger partial charge >= 0.3 is 6.03 Å². The molecule has 3 rings (SSSR count). The molecule has 1 aromatic heterocycles. The lowest BCUT2D eigenvalue weighted by Gasteiger charge is -2.07. The van der Waals surface area contributed by atoms with Gasteiger partial charge in [0.2, 0.25) is 0 Å². The van der Waals surface area contributed by atoms with Crippen LogP contribution in [-0.4, -0.2) is 6.03 Å². The largest absolute Gasteiger partial charge is 0.324 e. The van der Waals surface area contributed by atoms with Gasteiger partial charge in [-0.05, 0) is 49.4 Å². The Kier molecular flexibility index (Phi) is 5.30. The summed E-state index contributed by atoms with van der Waals surface area (Å²) in [4.78, 5) is 13.4. The van der Waals surface area contributed by atoms with Crippen LogP contribution in [0.5, 0.6) is 0 Å². The minimum Gasteiger partial charge on any atom is -0.308 e. The maximum Gasteiger partial charge on any atom is 0.324 e. The summed E-state index contributed by atoms with van der Waals surface area (Å²) in [5.74, 6) is 0. The molecule has 24 heavy (non-hydrogen) atoms. The number of anilines is 2. The van der Waals surface area contributed by atoms with E-state index in [9.17, 15) is 10.1 Å². The van der Waals surface area contributed by atoms with Gasteiger partial charge in [-0.25, -0.2) is 4.79 Å². The first-order chi connectivity index (χ1) is 11.6. The number of rotatable bonds is 2. The zero-order valence-corrected chi connectivity index (χ0v) is 15.1. The Hall–Kier alpha value is -1.74. The van der Waals surface area contributed by atoms with Crippen LogP contribution in [-0.2, 0) is 12.8 Å². The van der Waals surface area contributed by atoms with Crippen LogP contribution in [0, 0.1) is 11.3 Å². The zero-order valence-electron chi connectivity index (χ0n) is 12.8. The SMILES string of the molecule is N#Cc1c(NC(=O)Nc2ccc(Cl)c(Cl)c2)sc2c1CCCCC2. The van der Waals surface area contributed by atoms with Gasteiger partial charge in [0.25, 0.3) is 0 Å². The Morgan fingerprint density at radius 1 is 1.12 bits per heavy atom. The normalized spacial score (nSPS) is 13.5. The van der Waals surface area contributed by atoms with Crippen molar-refractivity contribution in [2.24, 2.45) is 0 Å². The molecule has 4 nitrogen and oxygen atoms in total. The Morgan fingerprint density at radius 2 is 1.92 bits per heavy atom.